The van der Waals surface area contributed by atoms with E-state index >= 15 is 0 Å². The maximum absolute atomic E-state index is 13.3. The number of hydrogen-bond donors (Lipinski definition) is 1. The molecule has 0 bridgehead atoms. The fraction of sp³-hybridized carbons (Fsp3) is 0.444. The summed E-state index contributed by atoms with van der Waals surface area (Å²) in [5.74, 6) is 1.39. The molecule has 3 heterocycles. The van der Waals surface area contributed by atoms with Crippen molar-refractivity contribution in [3.63, 3.8) is 0 Å². The van der Waals surface area contributed by atoms with Gasteiger partial charge in [-0.25, -0.2) is 23.5 Å². The average Bonchev–Trinajstić information content (AvgIpc) is 3.15. The molecule has 144 valence electrons. The van der Waals surface area contributed by atoms with Crippen molar-refractivity contribution in [2.24, 2.45) is 0 Å². The number of benzene rings is 1. The van der Waals surface area contributed by atoms with Gasteiger partial charge in [0, 0.05) is 24.5 Å². The molecule has 7 nitrogen and oxygen atoms in total. The first-order valence-electron chi connectivity index (χ1n) is 8.84. The summed E-state index contributed by atoms with van der Waals surface area (Å²) in [6.07, 6.45) is -2.07. The second-order valence-electron chi connectivity index (χ2n) is 6.59. The number of carbonyl (C=O) groups excluding carboxylic acids is 1. The molecule has 2 unspecified atom stereocenters. The molecule has 0 saturated carbocycles. The van der Waals surface area contributed by atoms with Crippen molar-refractivity contribution in [2.45, 2.75) is 39.0 Å². The van der Waals surface area contributed by atoms with Crippen molar-refractivity contribution >= 4 is 17.6 Å². The molecule has 2 atom stereocenters. The molecule has 9 heteroatoms. The van der Waals surface area contributed by atoms with Crippen LogP contribution in [0.1, 0.15) is 13.8 Å². The number of halogens is 2. The largest absolute Gasteiger partial charge is 0.488 e. The predicted octanol–water partition coefficient (Wildman–Crippen LogP) is 3.35. The number of hydrogen-bond acceptors (Lipinski definition) is 5. The molecule has 2 aromatic rings. The molecule has 1 amide bonds. The minimum Gasteiger partial charge on any atom is -0.488 e. The zero-order valence-corrected chi connectivity index (χ0v) is 15.0. The van der Waals surface area contributed by atoms with Gasteiger partial charge in [-0.2, -0.15) is 0 Å². The fourth-order valence-corrected chi connectivity index (χ4v) is 3.41. The fourth-order valence-electron chi connectivity index (χ4n) is 3.41. The van der Waals surface area contributed by atoms with Gasteiger partial charge in [0.05, 0.1) is 12.1 Å². The molecule has 1 N–H and O–H groups in total. The third-order valence-electron chi connectivity index (χ3n) is 4.59. The highest BCUT2D eigenvalue weighted by Gasteiger charge is 2.42. The van der Waals surface area contributed by atoms with E-state index in [-0.39, 0.29) is 18.5 Å². The molecular formula is C18H20F2N4O3. The van der Waals surface area contributed by atoms with Gasteiger partial charge in [0.15, 0.2) is 5.82 Å². The smallest absolute Gasteiger partial charge is 0.416 e. The van der Waals surface area contributed by atoms with Crippen LogP contribution in [-0.4, -0.2) is 47.4 Å². The van der Waals surface area contributed by atoms with Crippen molar-refractivity contribution < 1.29 is 23.0 Å². The standard InChI is InChI=1S/C18H20F2N4O3/c1-3-21-11-4-5-12-14(6-11)27-10(2)7-23-8-15(22-17(12)23)24-13(16(19)20)9-26-18(24)25/h4-6,8,10,13,16,21H,3,7,9H2,1-2H3. The van der Waals surface area contributed by atoms with Crippen LogP contribution >= 0.6 is 0 Å². The highest BCUT2D eigenvalue weighted by molar-refractivity contribution is 5.89. The number of ether oxygens (including phenoxy) is 2. The molecule has 0 spiro atoms. The van der Waals surface area contributed by atoms with Gasteiger partial charge in [0.1, 0.15) is 30.3 Å². The zero-order chi connectivity index (χ0) is 19.1. The van der Waals surface area contributed by atoms with Gasteiger partial charge in [0.25, 0.3) is 6.43 Å². The van der Waals surface area contributed by atoms with Gasteiger partial charge in [-0.1, -0.05) is 0 Å². The Morgan fingerprint density at radius 3 is 2.96 bits per heavy atom. The number of nitrogens with zero attached hydrogens (tertiary/aromatic N) is 3. The van der Waals surface area contributed by atoms with Crippen LogP contribution in [0.3, 0.4) is 0 Å². The predicted molar refractivity (Wildman–Crippen MR) is 95.5 cm³/mol. The number of cyclic esters (lactones) is 1. The first kappa shape index (κ1) is 17.6. The molecule has 0 aliphatic carbocycles. The van der Waals surface area contributed by atoms with Crippen molar-refractivity contribution in [1.29, 1.82) is 0 Å². The highest BCUT2D eigenvalue weighted by atomic mass is 19.3. The van der Waals surface area contributed by atoms with E-state index in [1.54, 1.807) is 6.20 Å². The second-order valence-corrected chi connectivity index (χ2v) is 6.59. The van der Waals surface area contributed by atoms with Crippen molar-refractivity contribution in [3.8, 4) is 17.1 Å². The minimum atomic E-state index is -2.71. The summed E-state index contributed by atoms with van der Waals surface area (Å²) in [5.41, 5.74) is 1.66. The molecule has 27 heavy (non-hydrogen) atoms. The quantitative estimate of drug-likeness (QED) is 0.884. The number of aromatic nitrogens is 2. The third kappa shape index (κ3) is 3.07. The van der Waals surface area contributed by atoms with E-state index in [2.05, 4.69) is 10.3 Å². The second kappa shape index (κ2) is 6.71. The first-order chi connectivity index (χ1) is 13.0. The Kier molecular flexibility index (Phi) is 4.37. The summed E-state index contributed by atoms with van der Waals surface area (Å²) in [4.78, 5) is 17.4. The van der Waals surface area contributed by atoms with Gasteiger partial charge in [-0.15, -0.1) is 0 Å². The summed E-state index contributed by atoms with van der Waals surface area (Å²) < 4.78 is 39.2. The first-order valence-corrected chi connectivity index (χ1v) is 8.84. The van der Waals surface area contributed by atoms with Crippen LogP contribution < -0.4 is 15.0 Å². The van der Waals surface area contributed by atoms with Crippen LogP contribution in [0.5, 0.6) is 5.75 Å². The number of carbonyl (C=O) groups is 1. The van der Waals surface area contributed by atoms with E-state index < -0.39 is 18.6 Å². The van der Waals surface area contributed by atoms with Crippen LogP contribution in [0, 0.1) is 0 Å². The average molecular weight is 378 g/mol. The molecular weight excluding hydrogens is 358 g/mol. The molecule has 4 rings (SSSR count). The number of alkyl halides is 2. The Bertz CT molecular complexity index is 870. The summed E-state index contributed by atoms with van der Waals surface area (Å²) in [5, 5.41) is 3.23. The van der Waals surface area contributed by atoms with Gasteiger partial charge < -0.3 is 19.4 Å². The molecule has 1 aromatic heterocycles. The van der Waals surface area contributed by atoms with Crippen molar-refractivity contribution in [2.75, 3.05) is 23.4 Å². The number of rotatable bonds is 4. The van der Waals surface area contributed by atoms with E-state index in [4.69, 9.17) is 9.47 Å². The lowest BCUT2D eigenvalue weighted by molar-refractivity contribution is 0.104. The number of nitrogens with one attached hydrogen (secondary N) is 1. The molecule has 2 aliphatic heterocycles. The SMILES string of the molecule is CCNc1ccc2c(c1)OC(C)Cn1cc(N3C(=O)OCC3C(F)F)nc1-2. The summed E-state index contributed by atoms with van der Waals surface area (Å²) in [6.45, 7) is 4.84. The summed E-state index contributed by atoms with van der Waals surface area (Å²) in [6, 6.07) is 4.35. The van der Waals surface area contributed by atoms with Crippen molar-refractivity contribution in [3.05, 3.63) is 24.4 Å². The Morgan fingerprint density at radius 1 is 1.41 bits per heavy atom. The van der Waals surface area contributed by atoms with E-state index in [1.165, 1.54) is 0 Å². The number of imidazole rings is 1. The van der Waals surface area contributed by atoms with Gasteiger partial charge >= 0.3 is 6.09 Å². The van der Waals surface area contributed by atoms with Crippen LogP contribution in [0.25, 0.3) is 11.4 Å². The summed E-state index contributed by atoms with van der Waals surface area (Å²) in [7, 11) is 0. The van der Waals surface area contributed by atoms with Gasteiger partial charge in [-0.05, 0) is 26.0 Å². The van der Waals surface area contributed by atoms with E-state index in [0.717, 1.165) is 22.7 Å². The number of fused-ring (bicyclic) bond motifs is 3. The van der Waals surface area contributed by atoms with E-state index in [9.17, 15) is 13.6 Å². The zero-order valence-electron chi connectivity index (χ0n) is 15.0. The highest BCUT2D eigenvalue weighted by Crippen LogP contribution is 2.37. The molecule has 1 saturated heterocycles. The lowest BCUT2D eigenvalue weighted by Gasteiger charge is -2.18. The molecule has 2 aliphatic rings. The maximum atomic E-state index is 13.3. The van der Waals surface area contributed by atoms with E-state index in [1.807, 2.05) is 36.6 Å². The topological polar surface area (TPSA) is 68.6 Å². The Morgan fingerprint density at radius 2 is 2.22 bits per heavy atom. The van der Waals surface area contributed by atoms with Crippen LogP contribution in [0.15, 0.2) is 24.4 Å². The normalized spacial score (nSPS) is 21.4. The Labute approximate surface area is 154 Å². The molecule has 0 radical (unpaired) electrons. The Balaban J connectivity index is 1.77. The maximum Gasteiger partial charge on any atom is 0.416 e. The lowest BCUT2D eigenvalue weighted by Crippen LogP contribution is -2.38. The van der Waals surface area contributed by atoms with Gasteiger partial charge in [-0.3, -0.25) is 0 Å². The van der Waals surface area contributed by atoms with Crippen LogP contribution in [0.2, 0.25) is 0 Å². The van der Waals surface area contributed by atoms with Crippen molar-refractivity contribution in [1.82, 2.24) is 9.55 Å². The van der Waals surface area contributed by atoms with E-state index in [0.29, 0.717) is 18.1 Å². The lowest BCUT2D eigenvalue weighted by atomic mass is 10.1. The van der Waals surface area contributed by atoms with Gasteiger partial charge in [0.2, 0.25) is 0 Å². The molecule has 1 fully saturated rings. The summed E-state index contributed by atoms with van der Waals surface area (Å²) >= 11 is 0. The minimum absolute atomic E-state index is 0.152. The number of amides is 1. The Hall–Kier alpha value is -2.84. The van der Waals surface area contributed by atoms with Crippen LogP contribution in [-0.2, 0) is 11.3 Å². The third-order valence-corrected chi connectivity index (χ3v) is 4.59. The monoisotopic (exact) mass is 378 g/mol. The van der Waals surface area contributed by atoms with Crippen LogP contribution in [0.4, 0.5) is 25.1 Å². The number of anilines is 2. The molecule has 1 aromatic carbocycles.